The molecule has 1 unspecified atom stereocenters. The quantitative estimate of drug-likeness (QED) is 0.354. The Morgan fingerprint density at radius 2 is 1.87 bits per heavy atom. The molecule has 0 aliphatic heterocycles. The van der Waals surface area contributed by atoms with Gasteiger partial charge in [0.1, 0.15) is 6.29 Å². The van der Waals surface area contributed by atoms with Gasteiger partial charge in [-0.25, -0.2) is 9.13 Å². The molecule has 0 spiro atoms. The van der Waals surface area contributed by atoms with E-state index in [4.69, 9.17) is 14.7 Å². The van der Waals surface area contributed by atoms with Crippen LogP contribution in [0.25, 0.3) is 0 Å². The molecule has 0 saturated carbocycles. The summed E-state index contributed by atoms with van der Waals surface area (Å²) in [7, 11) is -9.89. The van der Waals surface area contributed by atoms with Crippen molar-refractivity contribution in [3.63, 3.8) is 0 Å². The number of rotatable bonds is 6. The molecule has 88 valence electrons. The van der Waals surface area contributed by atoms with E-state index in [9.17, 15) is 13.9 Å². The normalized spacial score (nSPS) is 17.2. The van der Waals surface area contributed by atoms with Gasteiger partial charge in [-0.05, 0) is 12.5 Å². The molecule has 0 aromatic rings. The number of phosphoric acid groups is 2. The first-order chi connectivity index (χ1) is 6.66. The number of phosphoric ester groups is 1. The molecule has 0 aliphatic rings. The number of carbonyl (C=O) groups is 1. The SMILES string of the molecule is CC(C=O)=CCOP(=O)(O)OP(=O)(O)O. The molecule has 0 fully saturated rings. The molecule has 15 heavy (non-hydrogen) atoms. The average molecular weight is 260 g/mol. The second kappa shape index (κ2) is 5.67. The zero-order valence-electron chi connectivity index (χ0n) is 7.64. The summed E-state index contributed by atoms with van der Waals surface area (Å²) in [6.07, 6.45) is 1.63. The molecule has 0 saturated heterocycles. The zero-order valence-corrected chi connectivity index (χ0v) is 9.43. The topological polar surface area (TPSA) is 130 Å². The monoisotopic (exact) mass is 260 g/mol. The van der Waals surface area contributed by atoms with Crippen LogP contribution in [0.1, 0.15) is 6.92 Å². The summed E-state index contributed by atoms with van der Waals surface area (Å²) in [6, 6.07) is 0. The van der Waals surface area contributed by atoms with Crippen molar-refractivity contribution in [3.05, 3.63) is 11.6 Å². The predicted octanol–water partition coefficient (Wildman–Crippen LogP) is 0.358. The van der Waals surface area contributed by atoms with Crippen LogP contribution in [-0.4, -0.2) is 27.6 Å². The summed E-state index contributed by atoms with van der Waals surface area (Å²) >= 11 is 0. The van der Waals surface area contributed by atoms with Crippen LogP contribution in [-0.2, 0) is 22.8 Å². The molecular formula is C5H10O8P2. The molecule has 0 aliphatic carbocycles. The fourth-order valence-electron chi connectivity index (χ4n) is 0.469. The molecule has 10 heteroatoms. The molecule has 3 N–H and O–H groups in total. The van der Waals surface area contributed by atoms with Gasteiger partial charge in [-0.2, -0.15) is 4.31 Å². The Bertz CT molecular complexity index is 341. The van der Waals surface area contributed by atoms with E-state index in [0.717, 1.165) is 6.08 Å². The third-order valence-electron chi connectivity index (χ3n) is 1.04. The molecule has 1 atom stereocenters. The van der Waals surface area contributed by atoms with E-state index < -0.39 is 22.3 Å². The Labute approximate surface area is 85.4 Å². The highest BCUT2D eigenvalue weighted by Crippen LogP contribution is 2.57. The van der Waals surface area contributed by atoms with E-state index in [0.29, 0.717) is 6.29 Å². The lowest BCUT2D eigenvalue weighted by molar-refractivity contribution is -0.104. The van der Waals surface area contributed by atoms with Gasteiger partial charge in [0, 0.05) is 0 Å². The van der Waals surface area contributed by atoms with E-state index in [-0.39, 0.29) is 5.57 Å². The van der Waals surface area contributed by atoms with Crippen molar-refractivity contribution in [2.24, 2.45) is 0 Å². The van der Waals surface area contributed by atoms with Crippen LogP contribution < -0.4 is 0 Å². The first-order valence-corrected chi connectivity index (χ1v) is 6.55. The number of aldehydes is 1. The van der Waals surface area contributed by atoms with Crippen LogP contribution >= 0.6 is 15.6 Å². The van der Waals surface area contributed by atoms with Gasteiger partial charge in [-0.3, -0.25) is 9.32 Å². The Balaban J connectivity index is 4.23. The fourth-order valence-corrected chi connectivity index (χ4v) is 2.00. The number of hydrogen-bond acceptors (Lipinski definition) is 5. The molecular weight excluding hydrogens is 250 g/mol. The molecule has 0 rings (SSSR count). The highest BCUT2D eigenvalue weighted by molar-refractivity contribution is 7.60. The van der Waals surface area contributed by atoms with Crippen molar-refractivity contribution >= 4 is 21.9 Å². The first kappa shape index (κ1) is 14.7. The van der Waals surface area contributed by atoms with E-state index >= 15 is 0 Å². The van der Waals surface area contributed by atoms with Gasteiger partial charge in [0.2, 0.25) is 0 Å². The Morgan fingerprint density at radius 3 is 2.27 bits per heavy atom. The lowest BCUT2D eigenvalue weighted by atomic mass is 10.3. The molecule has 0 aromatic carbocycles. The minimum Gasteiger partial charge on any atom is -0.302 e. The lowest BCUT2D eigenvalue weighted by Gasteiger charge is -2.10. The second-order valence-corrected chi connectivity index (χ2v) is 5.23. The highest BCUT2D eigenvalue weighted by atomic mass is 31.3. The van der Waals surface area contributed by atoms with Crippen molar-refractivity contribution < 1.29 is 37.4 Å². The molecule has 0 aromatic heterocycles. The molecule has 0 bridgehead atoms. The maximum atomic E-state index is 10.8. The third-order valence-corrected chi connectivity index (χ3v) is 3.19. The Kier molecular flexibility index (Phi) is 5.55. The standard InChI is InChI=1S/C5H10O8P2/c1-5(4-6)2-3-12-15(10,11)13-14(7,8)9/h2,4H,3H2,1H3,(H,10,11)(H2,7,8,9). The molecule has 0 radical (unpaired) electrons. The van der Waals surface area contributed by atoms with Crippen LogP contribution in [0, 0.1) is 0 Å². The fraction of sp³-hybridized carbons (Fsp3) is 0.400. The summed E-state index contributed by atoms with van der Waals surface area (Å²) in [4.78, 5) is 35.2. The Morgan fingerprint density at radius 1 is 1.33 bits per heavy atom. The van der Waals surface area contributed by atoms with Gasteiger partial charge >= 0.3 is 15.6 Å². The minimum absolute atomic E-state index is 0.242. The summed E-state index contributed by atoms with van der Waals surface area (Å²) in [5.74, 6) is 0. The largest absolute Gasteiger partial charge is 0.481 e. The number of allylic oxidation sites excluding steroid dienone is 1. The van der Waals surface area contributed by atoms with Gasteiger partial charge in [-0.15, -0.1) is 0 Å². The zero-order chi connectivity index (χ0) is 12.1. The summed E-state index contributed by atoms with van der Waals surface area (Å²) in [6.45, 7) is 0.945. The van der Waals surface area contributed by atoms with Crippen molar-refractivity contribution in [2.45, 2.75) is 6.92 Å². The number of carbonyl (C=O) groups excluding carboxylic acids is 1. The van der Waals surface area contributed by atoms with Gasteiger partial charge in [0.05, 0.1) is 6.61 Å². The highest BCUT2D eigenvalue weighted by Gasteiger charge is 2.31. The van der Waals surface area contributed by atoms with Crippen LogP contribution in [0.4, 0.5) is 0 Å². The molecule has 0 amide bonds. The third kappa shape index (κ3) is 8.65. The van der Waals surface area contributed by atoms with Gasteiger partial charge < -0.3 is 14.7 Å². The van der Waals surface area contributed by atoms with E-state index in [1.54, 1.807) is 0 Å². The maximum Gasteiger partial charge on any atom is 0.481 e. The lowest BCUT2D eigenvalue weighted by Crippen LogP contribution is -1.94. The Hall–Kier alpha value is -0.330. The van der Waals surface area contributed by atoms with Crippen LogP contribution in [0.2, 0.25) is 0 Å². The molecule has 8 nitrogen and oxygen atoms in total. The van der Waals surface area contributed by atoms with Crippen LogP contribution in [0.15, 0.2) is 11.6 Å². The average Bonchev–Trinajstić information content (AvgIpc) is 1.98. The maximum absolute atomic E-state index is 10.8. The second-order valence-electron chi connectivity index (χ2n) is 2.40. The summed E-state index contributed by atoms with van der Waals surface area (Å²) in [5, 5.41) is 0. The van der Waals surface area contributed by atoms with E-state index in [2.05, 4.69) is 8.83 Å². The number of hydrogen-bond donors (Lipinski definition) is 3. The van der Waals surface area contributed by atoms with Gasteiger partial charge in [0.25, 0.3) is 0 Å². The predicted molar refractivity (Wildman–Crippen MR) is 48.7 cm³/mol. The van der Waals surface area contributed by atoms with Crippen LogP contribution in [0.3, 0.4) is 0 Å². The van der Waals surface area contributed by atoms with Crippen molar-refractivity contribution in [1.29, 1.82) is 0 Å². The van der Waals surface area contributed by atoms with Crippen molar-refractivity contribution in [3.8, 4) is 0 Å². The van der Waals surface area contributed by atoms with E-state index in [1.165, 1.54) is 6.92 Å². The van der Waals surface area contributed by atoms with Crippen LogP contribution in [0.5, 0.6) is 0 Å². The first-order valence-electron chi connectivity index (χ1n) is 3.52. The van der Waals surface area contributed by atoms with Gasteiger partial charge in [0.15, 0.2) is 0 Å². The minimum atomic E-state index is -5.09. The van der Waals surface area contributed by atoms with Gasteiger partial charge in [-0.1, -0.05) is 6.08 Å². The van der Waals surface area contributed by atoms with E-state index in [1.807, 2.05) is 0 Å². The summed E-state index contributed by atoms with van der Waals surface area (Å²) in [5.41, 5.74) is 0.242. The van der Waals surface area contributed by atoms with Crippen molar-refractivity contribution in [1.82, 2.24) is 0 Å². The smallest absolute Gasteiger partial charge is 0.302 e. The molecule has 0 heterocycles. The summed E-state index contributed by atoms with van der Waals surface area (Å²) < 4.78 is 28.6. The van der Waals surface area contributed by atoms with Crippen molar-refractivity contribution in [2.75, 3.05) is 6.61 Å².